The van der Waals surface area contributed by atoms with Crippen LogP contribution in [-0.4, -0.2) is 24.7 Å². The van der Waals surface area contributed by atoms with E-state index in [4.69, 9.17) is 11.6 Å². The number of likely N-dealkylation sites (N-methyl/N-ethyl adjacent to an activating group) is 1. The van der Waals surface area contributed by atoms with E-state index in [2.05, 4.69) is 6.07 Å². The molecule has 1 heterocycles. The number of carboxylic acid groups (broad SMARTS) is 1. The maximum atomic E-state index is 11.3. The van der Waals surface area contributed by atoms with Gasteiger partial charge in [-0.05, 0) is 30.0 Å². The Hall–Kier alpha value is -1.52. The topological polar surface area (TPSA) is 40.5 Å². The molecule has 0 fully saturated rings. The highest BCUT2D eigenvalue weighted by Gasteiger charge is 2.16. The lowest BCUT2D eigenvalue weighted by Crippen LogP contribution is -2.22. The van der Waals surface area contributed by atoms with Gasteiger partial charge in [0.25, 0.3) is 0 Å². The molecule has 0 aliphatic carbocycles. The third kappa shape index (κ3) is 3.28. The van der Waals surface area contributed by atoms with E-state index in [0.717, 1.165) is 13.0 Å². The molecule has 2 aromatic rings. The first-order chi connectivity index (χ1) is 9.09. The molecule has 19 heavy (non-hydrogen) atoms. The quantitative estimate of drug-likeness (QED) is 0.912. The fourth-order valence-corrected chi connectivity index (χ4v) is 2.84. The van der Waals surface area contributed by atoms with Crippen molar-refractivity contribution in [3.63, 3.8) is 0 Å². The minimum Gasteiger partial charge on any atom is -0.478 e. The largest absolute Gasteiger partial charge is 0.478 e. The Morgan fingerprint density at radius 2 is 2.16 bits per heavy atom. The summed E-state index contributed by atoms with van der Waals surface area (Å²) in [4.78, 5) is 14.5. The number of benzene rings is 1. The van der Waals surface area contributed by atoms with Crippen molar-refractivity contribution >= 4 is 34.6 Å². The van der Waals surface area contributed by atoms with Crippen molar-refractivity contribution < 1.29 is 9.90 Å². The average Bonchev–Trinajstić information content (AvgIpc) is 2.88. The molecule has 0 unspecified atom stereocenters. The lowest BCUT2D eigenvalue weighted by atomic mass is 10.1. The molecule has 0 bridgehead atoms. The summed E-state index contributed by atoms with van der Waals surface area (Å²) >= 11 is 7.67. The van der Waals surface area contributed by atoms with E-state index in [1.165, 1.54) is 4.88 Å². The molecule has 0 saturated heterocycles. The van der Waals surface area contributed by atoms with E-state index < -0.39 is 5.97 Å². The van der Waals surface area contributed by atoms with Crippen LogP contribution in [0, 0.1) is 0 Å². The maximum absolute atomic E-state index is 11.3. The Kier molecular flexibility index (Phi) is 4.45. The van der Waals surface area contributed by atoms with Crippen LogP contribution in [0.3, 0.4) is 0 Å². The lowest BCUT2D eigenvalue weighted by Gasteiger charge is -2.21. The number of hydrogen-bond acceptors (Lipinski definition) is 3. The second kappa shape index (κ2) is 6.08. The molecule has 0 atom stereocenters. The Labute approximate surface area is 121 Å². The normalized spacial score (nSPS) is 10.4. The molecule has 0 aliphatic rings. The molecular weight excluding hydrogens is 282 g/mol. The zero-order valence-electron chi connectivity index (χ0n) is 10.5. The van der Waals surface area contributed by atoms with Crippen LogP contribution in [0.1, 0.15) is 15.2 Å². The van der Waals surface area contributed by atoms with Gasteiger partial charge in [-0.2, -0.15) is 0 Å². The highest BCUT2D eigenvalue weighted by Crippen LogP contribution is 2.27. The molecular formula is C14H14ClNO2S. The van der Waals surface area contributed by atoms with Crippen LogP contribution in [-0.2, 0) is 6.42 Å². The fraction of sp³-hybridized carbons (Fsp3) is 0.214. The van der Waals surface area contributed by atoms with Crippen molar-refractivity contribution in [3.8, 4) is 0 Å². The summed E-state index contributed by atoms with van der Waals surface area (Å²) in [5.41, 5.74) is 0.814. The molecule has 0 radical (unpaired) electrons. The highest BCUT2D eigenvalue weighted by atomic mass is 35.5. The summed E-state index contributed by atoms with van der Waals surface area (Å²) in [6.45, 7) is 0.751. The molecule has 0 amide bonds. The molecule has 0 spiro atoms. The van der Waals surface area contributed by atoms with Gasteiger partial charge in [0.2, 0.25) is 0 Å². The highest BCUT2D eigenvalue weighted by molar-refractivity contribution is 7.09. The summed E-state index contributed by atoms with van der Waals surface area (Å²) in [6, 6.07) is 9.24. The number of nitrogens with zero attached hydrogens (tertiary/aromatic N) is 1. The van der Waals surface area contributed by atoms with Crippen LogP contribution in [0.25, 0.3) is 0 Å². The molecule has 0 aliphatic heterocycles. The van der Waals surface area contributed by atoms with Gasteiger partial charge in [0.1, 0.15) is 5.56 Å². The lowest BCUT2D eigenvalue weighted by molar-refractivity contribution is 0.0698. The van der Waals surface area contributed by atoms with Gasteiger partial charge in [-0.1, -0.05) is 23.7 Å². The number of carbonyl (C=O) groups is 1. The summed E-state index contributed by atoms with van der Waals surface area (Å²) in [5.74, 6) is -0.997. The minimum atomic E-state index is -0.997. The molecule has 1 aromatic heterocycles. The van der Waals surface area contributed by atoms with Crippen molar-refractivity contribution in [2.75, 3.05) is 18.5 Å². The van der Waals surface area contributed by atoms with Crippen LogP contribution in [0.5, 0.6) is 0 Å². The third-order valence-electron chi connectivity index (χ3n) is 2.89. The molecule has 5 heteroatoms. The van der Waals surface area contributed by atoms with E-state index in [9.17, 15) is 9.90 Å². The second-order valence-corrected chi connectivity index (χ2v) is 5.63. The van der Waals surface area contributed by atoms with E-state index in [0.29, 0.717) is 5.69 Å². The minimum absolute atomic E-state index is 0.165. The number of anilines is 1. The number of carboxylic acids is 1. The molecule has 0 saturated carbocycles. The first-order valence-corrected chi connectivity index (χ1v) is 7.10. The van der Waals surface area contributed by atoms with Crippen molar-refractivity contribution in [2.24, 2.45) is 0 Å². The number of halogens is 1. The summed E-state index contributed by atoms with van der Waals surface area (Å²) in [7, 11) is 1.88. The van der Waals surface area contributed by atoms with Crippen LogP contribution >= 0.6 is 22.9 Å². The van der Waals surface area contributed by atoms with E-state index >= 15 is 0 Å². The smallest absolute Gasteiger partial charge is 0.339 e. The monoisotopic (exact) mass is 295 g/mol. The summed E-state index contributed by atoms with van der Waals surface area (Å²) in [5, 5.41) is 11.5. The van der Waals surface area contributed by atoms with Crippen molar-refractivity contribution in [1.29, 1.82) is 0 Å². The number of hydrogen-bond donors (Lipinski definition) is 1. The standard InChI is InChI=1S/C14H14ClNO2S/c1-16(8-7-10-4-3-9-19-10)12-6-2-5-11(15)13(12)14(17)18/h2-6,9H,7-8H2,1H3,(H,17,18). The first kappa shape index (κ1) is 13.9. The third-order valence-corrected chi connectivity index (χ3v) is 4.14. The Morgan fingerprint density at radius 1 is 1.37 bits per heavy atom. The first-order valence-electron chi connectivity index (χ1n) is 5.85. The Balaban J connectivity index is 2.16. The van der Waals surface area contributed by atoms with Crippen LogP contribution in [0.4, 0.5) is 5.69 Å². The SMILES string of the molecule is CN(CCc1cccs1)c1cccc(Cl)c1C(=O)O. The van der Waals surface area contributed by atoms with Crippen molar-refractivity contribution in [2.45, 2.75) is 6.42 Å². The Bertz CT molecular complexity index is 569. The fourth-order valence-electron chi connectivity index (χ4n) is 1.90. The number of aromatic carboxylic acids is 1. The van der Waals surface area contributed by atoms with Gasteiger partial charge in [-0.3, -0.25) is 0 Å². The molecule has 3 nitrogen and oxygen atoms in total. The summed E-state index contributed by atoms with van der Waals surface area (Å²) in [6.07, 6.45) is 0.889. The number of rotatable bonds is 5. The van der Waals surface area contributed by atoms with Gasteiger partial charge in [-0.15, -0.1) is 11.3 Å². The van der Waals surface area contributed by atoms with Crippen LogP contribution in [0.15, 0.2) is 35.7 Å². The predicted molar refractivity (Wildman–Crippen MR) is 79.7 cm³/mol. The van der Waals surface area contributed by atoms with Crippen LogP contribution < -0.4 is 4.90 Å². The van der Waals surface area contributed by atoms with Gasteiger partial charge < -0.3 is 10.0 Å². The summed E-state index contributed by atoms with van der Waals surface area (Å²) < 4.78 is 0. The van der Waals surface area contributed by atoms with E-state index in [-0.39, 0.29) is 10.6 Å². The van der Waals surface area contributed by atoms with Gasteiger partial charge in [0, 0.05) is 18.5 Å². The zero-order chi connectivity index (χ0) is 13.8. The Morgan fingerprint density at radius 3 is 2.79 bits per heavy atom. The molecule has 1 N–H and O–H groups in total. The van der Waals surface area contributed by atoms with Crippen LogP contribution in [0.2, 0.25) is 5.02 Å². The van der Waals surface area contributed by atoms with Crippen molar-refractivity contribution in [1.82, 2.24) is 0 Å². The molecule has 2 rings (SSSR count). The molecule has 1 aromatic carbocycles. The van der Waals surface area contributed by atoms with Gasteiger partial charge in [0.15, 0.2) is 0 Å². The van der Waals surface area contributed by atoms with E-state index in [1.54, 1.807) is 29.5 Å². The van der Waals surface area contributed by atoms with E-state index in [1.807, 2.05) is 23.4 Å². The number of thiophene rings is 1. The van der Waals surface area contributed by atoms with Gasteiger partial charge in [0.05, 0.1) is 10.7 Å². The van der Waals surface area contributed by atoms with Gasteiger partial charge >= 0.3 is 5.97 Å². The maximum Gasteiger partial charge on any atom is 0.339 e. The average molecular weight is 296 g/mol. The van der Waals surface area contributed by atoms with Crippen molar-refractivity contribution in [3.05, 3.63) is 51.2 Å². The second-order valence-electron chi connectivity index (χ2n) is 4.19. The zero-order valence-corrected chi connectivity index (χ0v) is 12.0. The van der Waals surface area contributed by atoms with Gasteiger partial charge in [-0.25, -0.2) is 4.79 Å². The predicted octanol–water partition coefficient (Wildman–Crippen LogP) is 3.78. The molecule has 100 valence electrons.